The first-order chi connectivity index (χ1) is 11.3. The molecule has 0 atom stereocenters. The zero-order valence-corrected chi connectivity index (χ0v) is 13.9. The van der Waals surface area contributed by atoms with E-state index in [9.17, 15) is 18.0 Å². The van der Waals surface area contributed by atoms with E-state index in [1.807, 2.05) is 0 Å². The summed E-state index contributed by atoms with van der Waals surface area (Å²) >= 11 is 0. The summed E-state index contributed by atoms with van der Waals surface area (Å²) < 4.78 is 33.9. The molecule has 1 heterocycles. The number of nitrogens with one attached hydrogen (secondary N) is 1. The van der Waals surface area contributed by atoms with Gasteiger partial charge in [0.1, 0.15) is 0 Å². The molecule has 0 aliphatic heterocycles. The fraction of sp³-hybridized carbons (Fsp3) is 0.467. The van der Waals surface area contributed by atoms with Crippen LogP contribution in [0.3, 0.4) is 0 Å². The van der Waals surface area contributed by atoms with E-state index in [1.165, 1.54) is 22.8 Å². The van der Waals surface area contributed by atoms with Gasteiger partial charge < -0.3 is 9.52 Å². The highest BCUT2D eigenvalue weighted by Crippen LogP contribution is 2.26. The first kappa shape index (κ1) is 16.7. The van der Waals surface area contributed by atoms with Crippen molar-refractivity contribution in [3.8, 4) is 0 Å². The summed E-state index contributed by atoms with van der Waals surface area (Å²) in [5.41, 5.74) is 0.723. The fourth-order valence-corrected chi connectivity index (χ4v) is 4.35. The van der Waals surface area contributed by atoms with Crippen LogP contribution in [0.2, 0.25) is 0 Å². The van der Waals surface area contributed by atoms with Gasteiger partial charge >= 0.3 is 11.7 Å². The third kappa shape index (κ3) is 3.09. The van der Waals surface area contributed by atoms with E-state index in [2.05, 4.69) is 4.72 Å². The van der Waals surface area contributed by atoms with Crippen LogP contribution in [0.5, 0.6) is 0 Å². The van der Waals surface area contributed by atoms with Crippen molar-refractivity contribution < 1.29 is 22.7 Å². The molecule has 8 nitrogen and oxygen atoms in total. The minimum atomic E-state index is -3.76. The van der Waals surface area contributed by atoms with Gasteiger partial charge in [-0.1, -0.05) is 0 Å². The van der Waals surface area contributed by atoms with Crippen LogP contribution in [0.4, 0.5) is 0 Å². The van der Waals surface area contributed by atoms with Gasteiger partial charge in [-0.2, -0.15) is 0 Å². The summed E-state index contributed by atoms with van der Waals surface area (Å²) in [6, 6.07) is 3.98. The van der Waals surface area contributed by atoms with Gasteiger partial charge in [0.05, 0.1) is 16.3 Å². The van der Waals surface area contributed by atoms with Gasteiger partial charge in [0, 0.05) is 19.2 Å². The van der Waals surface area contributed by atoms with Crippen LogP contribution in [-0.2, 0) is 21.9 Å². The summed E-state index contributed by atoms with van der Waals surface area (Å²) in [5.74, 6) is -1.79. The second-order valence-corrected chi connectivity index (χ2v) is 7.78. The number of rotatable bonds is 4. The third-order valence-corrected chi connectivity index (χ3v) is 5.99. The van der Waals surface area contributed by atoms with Crippen molar-refractivity contribution in [2.45, 2.75) is 36.6 Å². The number of aryl methyl sites for hydroxylation is 1. The number of carbonyl (C=O) groups is 1. The van der Waals surface area contributed by atoms with Gasteiger partial charge in [-0.3, -0.25) is 9.36 Å². The van der Waals surface area contributed by atoms with Gasteiger partial charge in [-0.15, -0.1) is 0 Å². The average Bonchev–Trinajstić information content (AvgIpc) is 2.82. The predicted octanol–water partition coefficient (Wildman–Crippen LogP) is 1.05. The van der Waals surface area contributed by atoms with Crippen molar-refractivity contribution in [3.05, 3.63) is 28.7 Å². The monoisotopic (exact) mass is 354 g/mol. The van der Waals surface area contributed by atoms with Gasteiger partial charge in [0.2, 0.25) is 10.0 Å². The zero-order chi connectivity index (χ0) is 17.5. The van der Waals surface area contributed by atoms with Crippen LogP contribution in [0.25, 0.3) is 11.1 Å². The summed E-state index contributed by atoms with van der Waals surface area (Å²) in [7, 11) is -2.22. The quantitative estimate of drug-likeness (QED) is 0.847. The largest absolute Gasteiger partial charge is 0.481 e. The molecule has 2 aromatic rings. The molecule has 0 unspecified atom stereocenters. The van der Waals surface area contributed by atoms with Gasteiger partial charge in [-0.25, -0.2) is 17.9 Å². The van der Waals surface area contributed by atoms with E-state index in [4.69, 9.17) is 9.52 Å². The summed E-state index contributed by atoms with van der Waals surface area (Å²) in [5, 5.41) is 8.98. The molecule has 24 heavy (non-hydrogen) atoms. The standard InChI is InChI=1S/C15H18N2O6S/c1-17-12-7-6-11(8-13(12)23-15(17)20)24(21,22)16-10-4-2-9(3-5-10)14(18)19/h6-10,16H,2-5H2,1H3,(H,18,19). The second kappa shape index (κ2) is 6.06. The van der Waals surface area contributed by atoms with Gasteiger partial charge in [0.15, 0.2) is 5.58 Å². The number of fused-ring (bicyclic) bond motifs is 1. The lowest BCUT2D eigenvalue weighted by Crippen LogP contribution is -2.38. The van der Waals surface area contributed by atoms with Crippen molar-refractivity contribution in [3.63, 3.8) is 0 Å². The molecule has 1 fully saturated rings. The number of carboxylic acids is 1. The van der Waals surface area contributed by atoms with Gasteiger partial charge in [-0.05, 0) is 37.8 Å². The molecule has 1 aromatic heterocycles. The van der Waals surface area contributed by atoms with E-state index < -0.39 is 27.7 Å². The third-order valence-electron chi connectivity index (χ3n) is 4.47. The number of carboxylic acid groups (broad SMARTS) is 1. The Bertz CT molecular complexity index is 935. The van der Waals surface area contributed by atoms with E-state index >= 15 is 0 Å². The minimum absolute atomic E-state index is 0.0182. The maximum absolute atomic E-state index is 12.5. The average molecular weight is 354 g/mol. The number of aliphatic carboxylic acids is 1. The Labute approximate surface area is 138 Å². The molecule has 1 aliphatic carbocycles. The Kier molecular flexibility index (Phi) is 4.22. The Hall–Kier alpha value is -2.13. The minimum Gasteiger partial charge on any atom is -0.481 e. The van der Waals surface area contributed by atoms with Crippen LogP contribution in [0.15, 0.2) is 32.3 Å². The van der Waals surface area contributed by atoms with Crippen LogP contribution in [0, 0.1) is 5.92 Å². The smallest absolute Gasteiger partial charge is 0.419 e. The molecule has 0 spiro atoms. The number of benzene rings is 1. The summed E-state index contributed by atoms with van der Waals surface area (Å²) in [6.07, 6.45) is 1.88. The molecule has 2 N–H and O–H groups in total. The summed E-state index contributed by atoms with van der Waals surface area (Å²) in [4.78, 5) is 22.4. The molecule has 1 aliphatic rings. The molecule has 0 amide bonds. The normalized spacial score (nSPS) is 21.9. The van der Waals surface area contributed by atoms with Gasteiger partial charge in [0.25, 0.3) is 0 Å². The number of hydrogen-bond acceptors (Lipinski definition) is 5. The second-order valence-electron chi connectivity index (χ2n) is 6.06. The van der Waals surface area contributed by atoms with E-state index in [0.29, 0.717) is 31.2 Å². The molecule has 9 heteroatoms. The highest BCUT2D eigenvalue weighted by atomic mass is 32.2. The molecular formula is C15H18N2O6S. The fourth-order valence-electron chi connectivity index (χ4n) is 3.03. The Morgan fingerprint density at radius 1 is 1.29 bits per heavy atom. The molecule has 1 saturated carbocycles. The number of sulfonamides is 1. The predicted molar refractivity (Wildman–Crippen MR) is 85.2 cm³/mol. The van der Waals surface area contributed by atoms with Crippen molar-refractivity contribution in [1.82, 2.24) is 9.29 Å². The Balaban J connectivity index is 1.78. The molecule has 130 valence electrons. The first-order valence-electron chi connectivity index (χ1n) is 7.62. The van der Waals surface area contributed by atoms with Crippen LogP contribution >= 0.6 is 0 Å². The maximum atomic E-state index is 12.5. The number of nitrogens with zero attached hydrogens (tertiary/aromatic N) is 1. The van der Waals surface area contributed by atoms with E-state index in [1.54, 1.807) is 7.05 Å². The number of oxazole rings is 1. The lowest BCUT2D eigenvalue weighted by Gasteiger charge is -2.26. The highest BCUT2D eigenvalue weighted by Gasteiger charge is 2.29. The maximum Gasteiger partial charge on any atom is 0.419 e. The lowest BCUT2D eigenvalue weighted by molar-refractivity contribution is -0.142. The van der Waals surface area contributed by atoms with E-state index in [0.717, 1.165) is 0 Å². The lowest BCUT2D eigenvalue weighted by atomic mass is 9.87. The molecule has 1 aromatic carbocycles. The van der Waals surface area contributed by atoms with E-state index in [-0.39, 0.29) is 16.5 Å². The van der Waals surface area contributed by atoms with Crippen molar-refractivity contribution in [2.75, 3.05) is 0 Å². The van der Waals surface area contributed by atoms with Crippen LogP contribution < -0.4 is 10.5 Å². The molecular weight excluding hydrogens is 336 g/mol. The first-order valence-corrected chi connectivity index (χ1v) is 9.11. The molecule has 0 bridgehead atoms. The topological polar surface area (TPSA) is 119 Å². The highest BCUT2D eigenvalue weighted by molar-refractivity contribution is 7.89. The Morgan fingerprint density at radius 2 is 1.96 bits per heavy atom. The molecule has 0 radical (unpaired) electrons. The molecule has 0 saturated heterocycles. The van der Waals surface area contributed by atoms with Crippen molar-refractivity contribution >= 4 is 27.1 Å². The SMILES string of the molecule is Cn1c(=O)oc2cc(S(=O)(=O)NC3CCC(C(=O)O)CC3)ccc21. The van der Waals surface area contributed by atoms with Crippen molar-refractivity contribution in [1.29, 1.82) is 0 Å². The Morgan fingerprint density at radius 3 is 2.58 bits per heavy atom. The summed E-state index contributed by atoms with van der Waals surface area (Å²) in [6.45, 7) is 0. The van der Waals surface area contributed by atoms with Crippen LogP contribution in [-0.4, -0.2) is 30.1 Å². The molecule has 3 rings (SSSR count). The van der Waals surface area contributed by atoms with Crippen molar-refractivity contribution in [2.24, 2.45) is 13.0 Å². The van der Waals surface area contributed by atoms with Crippen LogP contribution in [0.1, 0.15) is 25.7 Å². The zero-order valence-electron chi connectivity index (χ0n) is 13.1. The number of aromatic nitrogens is 1. The number of hydrogen-bond donors (Lipinski definition) is 2.